The summed E-state index contributed by atoms with van der Waals surface area (Å²) in [5.41, 5.74) is 2.03. The van der Waals surface area contributed by atoms with Gasteiger partial charge in [0.1, 0.15) is 5.75 Å². The second kappa shape index (κ2) is 6.13. The zero-order chi connectivity index (χ0) is 14.7. The van der Waals surface area contributed by atoms with Gasteiger partial charge in [-0.15, -0.1) is 5.10 Å². The first-order valence-electron chi connectivity index (χ1n) is 6.89. The van der Waals surface area contributed by atoms with E-state index in [2.05, 4.69) is 22.0 Å². The van der Waals surface area contributed by atoms with Crippen molar-refractivity contribution < 1.29 is 4.74 Å². The van der Waals surface area contributed by atoms with Crippen LogP contribution in [0.2, 0.25) is 0 Å². The number of hydrogen-bond donors (Lipinski definition) is 0. The molecule has 0 amide bonds. The zero-order valence-corrected chi connectivity index (χ0v) is 12.8. The van der Waals surface area contributed by atoms with Crippen molar-refractivity contribution in [2.24, 2.45) is 0 Å². The van der Waals surface area contributed by atoms with Crippen LogP contribution in [0.25, 0.3) is 17.0 Å². The van der Waals surface area contributed by atoms with E-state index in [1.165, 1.54) is 0 Å². The lowest BCUT2D eigenvalue weighted by Crippen LogP contribution is -1.96. The van der Waals surface area contributed by atoms with E-state index < -0.39 is 0 Å². The van der Waals surface area contributed by atoms with Gasteiger partial charge in [-0.2, -0.15) is 9.50 Å². The van der Waals surface area contributed by atoms with Crippen molar-refractivity contribution in [2.45, 2.75) is 19.0 Å². The lowest BCUT2D eigenvalue weighted by Gasteiger charge is -2.06. The Morgan fingerprint density at radius 2 is 1.95 bits per heavy atom. The third-order valence-corrected chi connectivity index (χ3v) is 3.68. The maximum Gasteiger partial charge on any atom is 0.253 e. The molecule has 0 atom stereocenters. The Labute approximate surface area is 127 Å². The molecule has 0 unspecified atom stereocenters. The maximum absolute atomic E-state index is 5.47. The number of ether oxygens (including phenoxy) is 1. The molecule has 108 valence electrons. The van der Waals surface area contributed by atoms with Crippen LogP contribution in [0.5, 0.6) is 5.75 Å². The molecule has 5 nitrogen and oxygen atoms in total. The highest BCUT2D eigenvalue weighted by Crippen LogP contribution is 2.23. The molecule has 0 spiro atoms. The number of thioether (sulfide) groups is 1. The average Bonchev–Trinajstić information content (AvgIpc) is 2.91. The van der Waals surface area contributed by atoms with Gasteiger partial charge in [0.2, 0.25) is 5.16 Å². The molecule has 2 aromatic heterocycles. The van der Waals surface area contributed by atoms with Crippen molar-refractivity contribution in [1.82, 2.24) is 19.6 Å². The fraction of sp³-hybridized carbons (Fsp3) is 0.267. The van der Waals surface area contributed by atoms with E-state index in [0.29, 0.717) is 12.4 Å². The molecule has 0 saturated carbocycles. The summed E-state index contributed by atoms with van der Waals surface area (Å²) in [4.78, 5) is 8.68. The fourth-order valence-corrected chi connectivity index (χ4v) is 2.62. The largest absolute Gasteiger partial charge is 0.494 e. The van der Waals surface area contributed by atoms with Crippen LogP contribution in [0.4, 0.5) is 0 Å². The molecular formula is C15H16N4OS. The summed E-state index contributed by atoms with van der Waals surface area (Å²) in [7, 11) is 0. The quantitative estimate of drug-likeness (QED) is 0.677. The lowest BCUT2D eigenvalue weighted by atomic mass is 10.1. The van der Waals surface area contributed by atoms with Gasteiger partial charge in [0, 0.05) is 11.8 Å². The summed E-state index contributed by atoms with van der Waals surface area (Å²) >= 11 is 1.61. The molecular weight excluding hydrogens is 284 g/mol. The Morgan fingerprint density at radius 3 is 2.67 bits per heavy atom. The summed E-state index contributed by atoms with van der Waals surface area (Å²) in [5, 5.41) is 5.27. The second-order valence-electron chi connectivity index (χ2n) is 4.33. The van der Waals surface area contributed by atoms with Gasteiger partial charge in [-0.1, -0.05) is 18.7 Å². The molecule has 1 aromatic carbocycles. The van der Waals surface area contributed by atoms with Crippen LogP contribution in [0.3, 0.4) is 0 Å². The molecule has 2 heterocycles. The Morgan fingerprint density at radius 1 is 1.14 bits per heavy atom. The normalized spacial score (nSPS) is 11.0. The van der Waals surface area contributed by atoms with Crippen molar-refractivity contribution in [3.8, 4) is 17.0 Å². The average molecular weight is 300 g/mol. The fourth-order valence-electron chi connectivity index (χ4n) is 2.07. The van der Waals surface area contributed by atoms with E-state index in [4.69, 9.17) is 4.74 Å². The Bertz CT molecular complexity index is 739. The van der Waals surface area contributed by atoms with Gasteiger partial charge >= 0.3 is 0 Å². The molecule has 3 aromatic rings. The van der Waals surface area contributed by atoms with Crippen LogP contribution in [0, 0.1) is 0 Å². The van der Waals surface area contributed by atoms with Gasteiger partial charge in [-0.25, -0.2) is 4.98 Å². The molecule has 6 heteroatoms. The zero-order valence-electron chi connectivity index (χ0n) is 12.0. The molecule has 0 aliphatic carbocycles. The van der Waals surface area contributed by atoms with Gasteiger partial charge in [0.25, 0.3) is 5.78 Å². The van der Waals surface area contributed by atoms with E-state index in [-0.39, 0.29) is 0 Å². The van der Waals surface area contributed by atoms with Crippen LogP contribution in [0.1, 0.15) is 13.8 Å². The minimum absolute atomic E-state index is 0.623. The van der Waals surface area contributed by atoms with Gasteiger partial charge < -0.3 is 4.74 Å². The van der Waals surface area contributed by atoms with Crippen LogP contribution >= 0.6 is 11.8 Å². The smallest absolute Gasteiger partial charge is 0.253 e. The third kappa shape index (κ3) is 2.85. The number of hydrogen-bond acceptors (Lipinski definition) is 5. The lowest BCUT2D eigenvalue weighted by molar-refractivity contribution is 0.340. The summed E-state index contributed by atoms with van der Waals surface area (Å²) in [6.07, 6.45) is 1.76. The van der Waals surface area contributed by atoms with Gasteiger partial charge in [-0.05, 0) is 43.0 Å². The molecule has 0 aliphatic heterocycles. The van der Waals surface area contributed by atoms with Gasteiger partial charge in [-0.3, -0.25) is 0 Å². The Hall–Kier alpha value is -2.08. The minimum Gasteiger partial charge on any atom is -0.494 e. The summed E-state index contributed by atoms with van der Waals surface area (Å²) in [5.74, 6) is 2.43. The maximum atomic E-state index is 5.47. The van der Waals surface area contributed by atoms with Crippen LogP contribution in [-0.2, 0) is 0 Å². The SMILES string of the molecule is CCOc1ccc(-c2ccnc3nc(SCC)nn23)cc1. The number of rotatable bonds is 5. The highest BCUT2D eigenvalue weighted by molar-refractivity contribution is 7.99. The number of aromatic nitrogens is 4. The van der Waals surface area contributed by atoms with Gasteiger partial charge in [0.15, 0.2) is 0 Å². The van der Waals surface area contributed by atoms with Crippen LogP contribution < -0.4 is 4.74 Å². The van der Waals surface area contributed by atoms with Crippen molar-refractivity contribution in [1.29, 1.82) is 0 Å². The summed E-state index contributed by atoms with van der Waals surface area (Å²) < 4.78 is 7.26. The van der Waals surface area contributed by atoms with Crippen LogP contribution in [-0.4, -0.2) is 31.9 Å². The highest BCUT2D eigenvalue weighted by Gasteiger charge is 2.09. The van der Waals surface area contributed by atoms with Crippen LogP contribution in [0.15, 0.2) is 41.7 Å². The first kappa shape index (κ1) is 13.9. The van der Waals surface area contributed by atoms with E-state index in [1.54, 1.807) is 22.5 Å². The topological polar surface area (TPSA) is 52.3 Å². The second-order valence-corrected chi connectivity index (χ2v) is 5.56. The van der Waals surface area contributed by atoms with E-state index >= 15 is 0 Å². The van der Waals surface area contributed by atoms with Crippen molar-refractivity contribution in [2.75, 3.05) is 12.4 Å². The van der Waals surface area contributed by atoms with E-state index in [9.17, 15) is 0 Å². The standard InChI is InChI=1S/C15H16N4OS/c1-3-20-12-7-5-11(6-8-12)13-9-10-16-14-17-15(21-4-2)18-19(13)14/h5-10H,3-4H2,1-2H3. The molecule has 0 saturated heterocycles. The predicted octanol–water partition coefficient (Wildman–Crippen LogP) is 3.30. The Balaban J connectivity index is 2.02. The predicted molar refractivity (Wildman–Crippen MR) is 83.8 cm³/mol. The number of fused-ring (bicyclic) bond motifs is 1. The van der Waals surface area contributed by atoms with Crippen molar-refractivity contribution in [3.63, 3.8) is 0 Å². The van der Waals surface area contributed by atoms with Gasteiger partial charge in [0.05, 0.1) is 12.3 Å². The monoisotopic (exact) mass is 300 g/mol. The molecule has 3 rings (SSSR count). The molecule has 0 bridgehead atoms. The number of benzene rings is 1. The molecule has 0 radical (unpaired) electrons. The minimum atomic E-state index is 0.623. The first-order chi connectivity index (χ1) is 10.3. The molecule has 0 N–H and O–H groups in total. The Kier molecular flexibility index (Phi) is 4.06. The summed E-state index contributed by atoms with van der Waals surface area (Å²) in [6.45, 7) is 4.72. The van der Waals surface area contributed by atoms with Crippen molar-refractivity contribution >= 4 is 17.5 Å². The van der Waals surface area contributed by atoms with E-state index in [0.717, 1.165) is 27.9 Å². The van der Waals surface area contributed by atoms with E-state index in [1.807, 2.05) is 37.3 Å². The summed E-state index contributed by atoms with van der Waals surface area (Å²) in [6, 6.07) is 9.91. The number of nitrogens with zero attached hydrogens (tertiary/aromatic N) is 4. The third-order valence-electron chi connectivity index (χ3n) is 2.96. The highest BCUT2D eigenvalue weighted by atomic mass is 32.2. The molecule has 0 fully saturated rings. The van der Waals surface area contributed by atoms with Crippen molar-refractivity contribution in [3.05, 3.63) is 36.5 Å². The molecule has 21 heavy (non-hydrogen) atoms. The molecule has 0 aliphatic rings. The first-order valence-corrected chi connectivity index (χ1v) is 7.88.